The fourth-order valence-electron chi connectivity index (χ4n) is 0.549. The third-order valence-electron chi connectivity index (χ3n) is 1.02. The second-order valence-electron chi connectivity index (χ2n) is 2.07. The number of hydrazine groups is 1. The van der Waals surface area contributed by atoms with Crippen molar-refractivity contribution in [2.24, 2.45) is 0 Å². The Kier molecular flexibility index (Phi) is 2.75. The minimum absolute atomic E-state index is 0.0761. The van der Waals surface area contributed by atoms with Crippen LogP contribution in [0.1, 0.15) is 6.92 Å². The fourth-order valence-corrected chi connectivity index (χ4v) is 1.13. The fraction of sp³-hybridized carbons (Fsp3) is 0.200. The summed E-state index contributed by atoms with van der Waals surface area (Å²) in [7, 11) is 0. The van der Waals surface area contributed by atoms with E-state index in [9.17, 15) is 14.9 Å². The number of hydrogen-bond donors (Lipinski definition) is 2. The Hall–Kier alpha value is -1.70. The highest BCUT2D eigenvalue weighted by Gasteiger charge is 2.10. The van der Waals surface area contributed by atoms with Crippen LogP contribution < -0.4 is 10.9 Å². The van der Waals surface area contributed by atoms with Gasteiger partial charge in [0.15, 0.2) is 0 Å². The number of anilines is 1. The number of nitrogens with zero attached hydrogens (tertiary/aromatic N) is 2. The van der Waals surface area contributed by atoms with Crippen LogP contribution in [0, 0.1) is 10.1 Å². The number of aromatic nitrogens is 1. The molecule has 70 valence electrons. The zero-order valence-corrected chi connectivity index (χ0v) is 7.42. The molecule has 0 aromatic carbocycles. The highest BCUT2D eigenvalue weighted by atomic mass is 32.1. The summed E-state index contributed by atoms with van der Waals surface area (Å²) in [6.45, 7) is 1.31. The standard InChI is InChI=1S/C5H6N4O3S/c1-3(10)7-8-5-6-2-4(13-5)9(11)12/h2H,1H3,(H,6,8)(H,7,10). The quantitative estimate of drug-likeness (QED) is 0.550. The van der Waals surface area contributed by atoms with Crippen molar-refractivity contribution >= 4 is 27.4 Å². The Bertz CT molecular complexity index is 336. The molecule has 0 saturated heterocycles. The number of nitro groups is 1. The smallest absolute Gasteiger partial charge is 0.274 e. The molecule has 8 heteroatoms. The lowest BCUT2D eigenvalue weighted by Gasteiger charge is -1.99. The van der Waals surface area contributed by atoms with Crippen molar-refractivity contribution in [2.75, 3.05) is 5.43 Å². The van der Waals surface area contributed by atoms with Crippen molar-refractivity contribution < 1.29 is 9.72 Å². The van der Waals surface area contributed by atoms with Gasteiger partial charge in [-0.05, 0) is 11.3 Å². The number of thiazole rings is 1. The van der Waals surface area contributed by atoms with Gasteiger partial charge in [-0.25, -0.2) is 4.98 Å². The maximum absolute atomic E-state index is 10.4. The molecule has 0 atom stereocenters. The molecule has 0 fully saturated rings. The maximum Gasteiger partial charge on any atom is 0.345 e. The van der Waals surface area contributed by atoms with E-state index in [0.29, 0.717) is 0 Å². The van der Waals surface area contributed by atoms with Crippen LogP contribution in [0.25, 0.3) is 0 Å². The van der Waals surface area contributed by atoms with Crippen molar-refractivity contribution in [1.29, 1.82) is 0 Å². The second-order valence-corrected chi connectivity index (χ2v) is 3.08. The summed E-state index contributed by atoms with van der Waals surface area (Å²) in [6, 6.07) is 0. The van der Waals surface area contributed by atoms with E-state index >= 15 is 0 Å². The topological polar surface area (TPSA) is 97.2 Å². The van der Waals surface area contributed by atoms with Gasteiger partial charge < -0.3 is 0 Å². The van der Waals surface area contributed by atoms with E-state index < -0.39 is 4.92 Å². The molecule has 0 bridgehead atoms. The number of rotatable bonds is 3. The summed E-state index contributed by atoms with van der Waals surface area (Å²) < 4.78 is 0. The summed E-state index contributed by atoms with van der Waals surface area (Å²) in [5.41, 5.74) is 4.67. The molecule has 13 heavy (non-hydrogen) atoms. The molecular formula is C5H6N4O3S. The first-order chi connectivity index (χ1) is 6.09. The van der Waals surface area contributed by atoms with E-state index in [4.69, 9.17) is 0 Å². The van der Waals surface area contributed by atoms with Gasteiger partial charge in [0.25, 0.3) is 0 Å². The Balaban J connectivity index is 2.59. The van der Waals surface area contributed by atoms with Crippen LogP contribution >= 0.6 is 11.3 Å². The Morgan fingerprint density at radius 3 is 2.92 bits per heavy atom. The van der Waals surface area contributed by atoms with Gasteiger partial charge in [0.05, 0.1) is 4.92 Å². The predicted octanol–water partition coefficient (Wildman–Crippen LogP) is 0.514. The molecule has 0 saturated carbocycles. The highest BCUT2D eigenvalue weighted by molar-refractivity contribution is 7.18. The molecule has 1 rings (SSSR count). The van der Waals surface area contributed by atoms with Crippen molar-refractivity contribution in [3.63, 3.8) is 0 Å². The second kappa shape index (κ2) is 3.81. The van der Waals surface area contributed by atoms with Crippen LogP contribution in [0.4, 0.5) is 10.1 Å². The first-order valence-corrected chi connectivity index (χ1v) is 4.04. The van der Waals surface area contributed by atoms with Crippen LogP contribution in [0.15, 0.2) is 6.20 Å². The Morgan fingerprint density at radius 1 is 1.77 bits per heavy atom. The molecule has 0 unspecified atom stereocenters. The van der Waals surface area contributed by atoms with E-state index in [1.54, 1.807) is 0 Å². The number of carbonyl (C=O) groups is 1. The molecule has 0 spiro atoms. The largest absolute Gasteiger partial charge is 0.345 e. The lowest BCUT2D eigenvalue weighted by molar-refractivity contribution is -0.380. The molecular weight excluding hydrogens is 196 g/mol. The van der Waals surface area contributed by atoms with Gasteiger partial charge in [-0.3, -0.25) is 25.8 Å². The van der Waals surface area contributed by atoms with Gasteiger partial charge in [-0.1, -0.05) is 0 Å². The Morgan fingerprint density at radius 2 is 2.46 bits per heavy atom. The van der Waals surface area contributed by atoms with Gasteiger partial charge in [-0.15, -0.1) is 0 Å². The molecule has 1 aromatic rings. The number of carbonyl (C=O) groups excluding carboxylic acids is 1. The van der Waals surface area contributed by atoms with Crippen LogP contribution in [0.3, 0.4) is 0 Å². The van der Waals surface area contributed by atoms with E-state index in [1.807, 2.05) is 0 Å². The molecule has 0 aliphatic heterocycles. The molecule has 0 aliphatic carbocycles. The van der Waals surface area contributed by atoms with Crippen LogP contribution in [-0.4, -0.2) is 15.8 Å². The van der Waals surface area contributed by atoms with Gasteiger partial charge in [0, 0.05) is 6.92 Å². The first kappa shape index (κ1) is 9.39. The Labute approximate surface area is 76.9 Å². The average Bonchev–Trinajstić information content (AvgIpc) is 2.48. The normalized spacial score (nSPS) is 9.31. The zero-order valence-electron chi connectivity index (χ0n) is 6.60. The van der Waals surface area contributed by atoms with Crippen LogP contribution in [0.5, 0.6) is 0 Å². The average molecular weight is 202 g/mol. The summed E-state index contributed by atoms with van der Waals surface area (Å²) >= 11 is 0.847. The molecule has 0 aliphatic rings. The molecule has 1 amide bonds. The van der Waals surface area contributed by atoms with E-state index in [2.05, 4.69) is 15.8 Å². The van der Waals surface area contributed by atoms with Gasteiger partial charge in [0.2, 0.25) is 11.0 Å². The SMILES string of the molecule is CC(=O)NNc1ncc([N+](=O)[O-])s1. The van der Waals surface area contributed by atoms with Gasteiger partial charge >= 0.3 is 5.00 Å². The van der Waals surface area contributed by atoms with Crippen LogP contribution in [0.2, 0.25) is 0 Å². The molecule has 1 heterocycles. The van der Waals surface area contributed by atoms with E-state index in [-0.39, 0.29) is 16.0 Å². The first-order valence-electron chi connectivity index (χ1n) is 3.22. The number of amides is 1. The summed E-state index contributed by atoms with van der Waals surface area (Å²) in [5, 5.41) is 10.4. The maximum atomic E-state index is 10.4. The molecule has 2 N–H and O–H groups in total. The molecule has 7 nitrogen and oxygen atoms in total. The number of nitrogens with one attached hydrogen (secondary N) is 2. The minimum Gasteiger partial charge on any atom is -0.274 e. The molecule has 1 aromatic heterocycles. The van der Waals surface area contributed by atoms with Crippen LogP contribution in [-0.2, 0) is 4.79 Å². The third kappa shape index (κ3) is 2.67. The summed E-state index contributed by atoms with van der Waals surface area (Å²) in [4.78, 5) is 23.8. The number of hydrogen-bond acceptors (Lipinski definition) is 6. The summed E-state index contributed by atoms with van der Waals surface area (Å²) in [6.07, 6.45) is 1.12. The van der Waals surface area contributed by atoms with Crippen molar-refractivity contribution in [3.8, 4) is 0 Å². The lowest BCUT2D eigenvalue weighted by Crippen LogP contribution is -2.26. The molecule has 0 radical (unpaired) electrons. The van der Waals surface area contributed by atoms with Gasteiger partial charge in [-0.2, -0.15) is 0 Å². The zero-order chi connectivity index (χ0) is 9.84. The van der Waals surface area contributed by atoms with E-state index in [1.165, 1.54) is 6.92 Å². The van der Waals surface area contributed by atoms with Gasteiger partial charge in [0.1, 0.15) is 6.20 Å². The van der Waals surface area contributed by atoms with Crippen molar-refractivity contribution in [3.05, 3.63) is 16.3 Å². The highest BCUT2D eigenvalue weighted by Crippen LogP contribution is 2.23. The summed E-state index contributed by atoms with van der Waals surface area (Å²) in [5.74, 6) is -0.294. The lowest BCUT2D eigenvalue weighted by atomic mass is 10.8. The van der Waals surface area contributed by atoms with E-state index in [0.717, 1.165) is 17.5 Å². The van der Waals surface area contributed by atoms with Crippen molar-refractivity contribution in [2.45, 2.75) is 6.92 Å². The van der Waals surface area contributed by atoms with Crippen molar-refractivity contribution in [1.82, 2.24) is 10.4 Å². The minimum atomic E-state index is -0.545. The predicted molar refractivity (Wildman–Crippen MR) is 46.2 cm³/mol. The monoisotopic (exact) mass is 202 g/mol. The third-order valence-corrected chi connectivity index (χ3v) is 1.88.